The Labute approximate surface area is 249 Å². The highest BCUT2D eigenvalue weighted by atomic mass is 16.1. The number of aromatic nitrogens is 6. The SMILES string of the molecule is Cn1cnnc1-c1cc(C#N)ccc1-c1cc(C2CC2)nc(-n2cc(C3CC3)c3cc(CN4CCCCC4)[nH]c3c2=O)c1. The minimum Gasteiger partial charge on any atom is -0.353 e. The van der Waals surface area contributed by atoms with Crippen LogP contribution in [0.25, 0.3) is 39.2 Å². The number of nitriles is 1. The number of likely N-dealkylation sites (tertiary alicyclic amines) is 1. The molecule has 5 aromatic rings. The van der Waals surface area contributed by atoms with Crippen molar-refractivity contribution in [1.29, 1.82) is 5.26 Å². The number of aromatic amines is 1. The number of piperidine rings is 1. The molecule has 9 nitrogen and oxygen atoms in total. The van der Waals surface area contributed by atoms with Gasteiger partial charge in [0.1, 0.15) is 17.7 Å². The first kappa shape index (κ1) is 26.1. The highest BCUT2D eigenvalue weighted by Gasteiger charge is 2.30. The van der Waals surface area contributed by atoms with E-state index in [0.717, 1.165) is 78.8 Å². The summed E-state index contributed by atoms with van der Waals surface area (Å²) in [4.78, 5) is 25.3. The smallest absolute Gasteiger partial charge is 0.280 e. The molecule has 0 radical (unpaired) electrons. The monoisotopic (exact) mass is 570 g/mol. The van der Waals surface area contributed by atoms with Gasteiger partial charge in [0, 0.05) is 48.0 Å². The second-order valence-corrected chi connectivity index (χ2v) is 12.5. The van der Waals surface area contributed by atoms with Crippen LogP contribution in [0, 0.1) is 11.3 Å². The molecule has 2 saturated carbocycles. The zero-order valence-electron chi connectivity index (χ0n) is 24.4. The van der Waals surface area contributed by atoms with Gasteiger partial charge < -0.3 is 9.55 Å². The summed E-state index contributed by atoms with van der Waals surface area (Å²) in [5, 5.41) is 19.1. The maximum Gasteiger partial charge on any atom is 0.280 e. The van der Waals surface area contributed by atoms with Crippen molar-refractivity contribution in [2.45, 2.75) is 63.3 Å². The van der Waals surface area contributed by atoms with Gasteiger partial charge in [-0.3, -0.25) is 14.3 Å². The molecule has 3 fully saturated rings. The Morgan fingerprint density at radius 3 is 2.53 bits per heavy atom. The second-order valence-electron chi connectivity index (χ2n) is 12.5. The van der Waals surface area contributed by atoms with E-state index in [1.165, 1.54) is 24.8 Å². The Bertz CT molecular complexity index is 1960. The molecule has 0 bridgehead atoms. The third-order valence-corrected chi connectivity index (χ3v) is 9.23. The lowest BCUT2D eigenvalue weighted by molar-refractivity contribution is 0.219. The number of hydrogen-bond donors (Lipinski definition) is 1. The topological polar surface area (TPSA) is 108 Å². The minimum absolute atomic E-state index is 0.0657. The van der Waals surface area contributed by atoms with E-state index in [-0.39, 0.29) is 5.56 Å². The molecule has 0 atom stereocenters. The molecular weight excluding hydrogens is 536 g/mol. The largest absolute Gasteiger partial charge is 0.353 e. The Morgan fingerprint density at radius 2 is 1.81 bits per heavy atom. The fourth-order valence-corrected chi connectivity index (χ4v) is 6.61. The van der Waals surface area contributed by atoms with E-state index in [2.05, 4.69) is 38.3 Å². The highest BCUT2D eigenvalue weighted by molar-refractivity contribution is 5.85. The predicted molar refractivity (Wildman–Crippen MR) is 165 cm³/mol. The van der Waals surface area contributed by atoms with Crippen molar-refractivity contribution in [1.82, 2.24) is 34.2 Å². The molecule has 9 heteroatoms. The average Bonchev–Trinajstić information content (AvgIpc) is 3.97. The number of nitrogens with zero attached hydrogens (tertiary/aromatic N) is 7. The molecule has 1 aliphatic heterocycles. The summed E-state index contributed by atoms with van der Waals surface area (Å²) >= 11 is 0. The molecule has 2 aliphatic carbocycles. The fourth-order valence-electron chi connectivity index (χ4n) is 6.61. The first-order valence-electron chi connectivity index (χ1n) is 15.5. The van der Waals surface area contributed by atoms with Crippen LogP contribution < -0.4 is 5.56 Å². The molecule has 0 unspecified atom stereocenters. The third kappa shape index (κ3) is 4.86. The number of pyridine rings is 2. The summed E-state index contributed by atoms with van der Waals surface area (Å²) in [5.41, 5.74) is 7.21. The molecule has 3 aliphatic rings. The number of nitrogens with one attached hydrogen (secondary N) is 1. The van der Waals surface area contributed by atoms with Crippen LogP contribution in [0.4, 0.5) is 0 Å². The van der Waals surface area contributed by atoms with Gasteiger partial charge in [0.15, 0.2) is 5.82 Å². The molecule has 5 heterocycles. The molecular formula is C34H34N8O. The Hall–Kier alpha value is -4.55. The number of H-pyrrole nitrogens is 1. The van der Waals surface area contributed by atoms with Gasteiger partial charge in [-0.15, -0.1) is 10.2 Å². The first-order chi connectivity index (χ1) is 21.1. The lowest BCUT2D eigenvalue weighted by atomic mass is 9.96. The number of benzene rings is 1. The molecule has 1 N–H and O–H groups in total. The van der Waals surface area contributed by atoms with E-state index < -0.39 is 0 Å². The van der Waals surface area contributed by atoms with E-state index in [4.69, 9.17) is 4.98 Å². The van der Waals surface area contributed by atoms with Crippen molar-refractivity contribution in [3.63, 3.8) is 0 Å². The van der Waals surface area contributed by atoms with Crippen molar-refractivity contribution in [3.8, 4) is 34.4 Å². The van der Waals surface area contributed by atoms with Gasteiger partial charge in [0.2, 0.25) is 0 Å². The Morgan fingerprint density at radius 1 is 1.00 bits per heavy atom. The maximum absolute atomic E-state index is 14.2. The zero-order valence-corrected chi connectivity index (χ0v) is 24.4. The second kappa shape index (κ2) is 10.3. The molecule has 43 heavy (non-hydrogen) atoms. The summed E-state index contributed by atoms with van der Waals surface area (Å²) in [6.07, 6.45) is 12.0. The van der Waals surface area contributed by atoms with E-state index in [9.17, 15) is 10.1 Å². The summed E-state index contributed by atoms with van der Waals surface area (Å²) in [6, 6.07) is 14.3. The molecule has 4 aromatic heterocycles. The average molecular weight is 571 g/mol. The quantitative estimate of drug-likeness (QED) is 0.265. The molecule has 0 amide bonds. The van der Waals surface area contributed by atoms with Gasteiger partial charge in [-0.2, -0.15) is 5.26 Å². The van der Waals surface area contributed by atoms with Crippen LogP contribution in [0.5, 0.6) is 0 Å². The van der Waals surface area contributed by atoms with Crippen LogP contribution in [0.2, 0.25) is 0 Å². The number of hydrogen-bond acceptors (Lipinski definition) is 6. The molecule has 0 spiro atoms. The third-order valence-electron chi connectivity index (χ3n) is 9.23. The Balaban J connectivity index is 1.28. The zero-order chi connectivity index (χ0) is 29.1. The van der Waals surface area contributed by atoms with Gasteiger partial charge in [-0.1, -0.05) is 12.5 Å². The van der Waals surface area contributed by atoms with Crippen molar-refractivity contribution < 1.29 is 0 Å². The number of aryl methyl sites for hydroxylation is 1. The maximum atomic E-state index is 14.2. The van der Waals surface area contributed by atoms with Crippen molar-refractivity contribution in [2.24, 2.45) is 7.05 Å². The summed E-state index contributed by atoms with van der Waals surface area (Å²) < 4.78 is 3.62. The normalized spacial score (nSPS) is 17.4. The summed E-state index contributed by atoms with van der Waals surface area (Å²) in [5.74, 6) is 2.17. The van der Waals surface area contributed by atoms with Crippen LogP contribution >= 0.6 is 0 Å². The van der Waals surface area contributed by atoms with Crippen LogP contribution in [0.3, 0.4) is 0 Å². The minimum atomic E-state index is -0.0657. The van der Waals surface area contributed by atoms with Crippen molar-refractivity contribution in [2.75, 3.05) is 13.1 Å². The van der Waals surface area contributed by atoms with E-state index in [1.807, 2.05) is 42.1 Å². The van der Waals surface area contributed by atoms with Crippen molar-refractivity contribution in [3.05, 3.63) is 81.8 Å². The lowest BCUT2D eigenvalue weighted by Crippen LogP contribution is -2.29. The van der Waals surface area contributed by atoms with E-state index in [0.29, 0.717) is 34.6 Å². The van der Waals surface area contributed by atoms with Gasteiger partial charge in [0.25, 0.3) is 5.56 Å². The number of rotatable bonds is 7. The first-order valence-corrected chi connectivity index (χ1v) is 15.5. The van der Waals surface area contributed by atoms with Crippen LogP contribution in [-0.4, -0.2) is 47.3 Å². The van der Waals surface area contributed by atoms with Crippen LogP contribution in [-0.2, 0) is 13.6 Å². The van der Waals surface area contributed by atoms with Gasteiger partial charge in [-0.25, -0.2) is 4.98 Å². The van der Waals surface area contributed by atoms with Gasteiger partial charge in [-0.05, 0) is 105 Å². The summed E-state index contributed by atoms with van der Waals surface area (Å²) in [7, 11) is 1.90. The van der Waals surface area contributed by atoms with Crippen molar-refractivity contribution >= 4 is 10.9 Å². The van der Waals surface area contributed by atoms with Gasteiger partial charge >= 0.3 is 0 Å². The molecule has 8 rings (SSSR count). The van der Waals surface area contributed by atoms with E-state index in [1.54, 1.807) is 10.9 Å². The summed E-state index contributed by atoms with van der Waals surface area (Å²) in [6.45, 7) is 3.07. The van der Waals surface area contributed by atoms with Crippen LogP contribution in [0.1, 0.15) is 79.3 Å². The number of fused-ring (bicyclic) bond motifs is 1. The van der Waals surface area contributed by atoms with Gasteiger partial charge in [0.05, 0.1) is 11.6 Å². The highest BCUT2D eigenvalue weighted by Crippen LogP contribution is 2.44. The standard InChI is InChI=1S/C34H34N8O/c1-40-20-36-39-33(40)28-13-21(17-35)5-10-26(28)24-14-30(23-8-9-23)38-31(15-24)42-19-29(22-6-7-22)27-16-25(37-32(27)34(42)43)18-41-11-3-2-4-12-41/h5,10,13-16,19-20,22-23,37H,2-4,6-9,11-12,18H2,1H3. The van der Waals surface area contributed by atoms with E-state index >= 15 is 0 Å². The molecule has 1 aromatic carbocycles. The fraction of sp³-hybridized carbons (Fsp3) is 0.382. The molecule has 1 saturated heterocycles. The predicted octanol–water partition coefficient (Wildman–Crippen LogP) is 5.79. The Kier molecular flexibility index (Phi) is 6.26. The molecule has 216 valence electrons. The van der Waals surface area contributed by atoms with Crippen LogP contribution in [0.15, 0.2) is 53.7 Å². The lowest BCUT2D eigenvalue weighted by Gasteiger charge is -2.25.